The van der Waals surface area contributed by atoms with E-state index in [1.165, 1.54) is 88.2 Å². The van der Waals surface area contributed by atoms with Crippen molar-refractivity contribution >= 4 is 8.07 Å². The van der Waals surface area contributed by atoms with E-state index in [4.69, 9.17) is 4.74 Å². The van der Waals surface area contributed by atoms with Gasteiger partial charge in [0, 0.05) is 6.61 Å². The summed E-state index contributed by atoms with van der Waals surface area (Å²) in [6.45, 7) is 30.4. The van der Waals surface area contributed by atoms with Gasteiger partial charge in [-0.25, -0.2) is 0 Å². The smallest absolute Gasteiger partial charge is 0.0598 e. The first-order chi connectivity index (χ1) is 26.4. The number of unbranched alkanes of at least 4 members (excludes halogenated alkanes) is 3. The van der Waals surface area contributed by atoms with Gasteiger partial charge < -0.3 is 4.74 Å². The molecule has 5 aliphatic rings. The van der Waals surface area contributed by atoms with Gasteiger partial charge in [0.15, 0.2) is 0 Å². The minimum Gasteiger partial charge on any atom is -0.376 e. The van der Waals surface area contributed by atoms with Crippen LogP contribution in [0.2, 0.25) is 23.7 Å². The van der Waals surface area contributed by atoms with E-state index in [9.17, 15) is 0 Å². The maximum atomic E-state index is 6.17. The van der Waals surface area contributed by atoms with Crippen LogP contribution in [0, 0.1) is 47.3 Å². The lowest BCUT2D eigenvalue weighted by Crippen LogP contribution is -2.50. The minimum absolute atomic E-state index is 0.0207. The number of hydrogen-bond acceptors (Lipinski definition) is 1. The fraction of sp³-hybridized carbons (Fsp3) is 0.778. The highest BCUT2D eigenvalue weighted by molar-refractivity contribution is 6.81. The largest absolute Gasteiger partial charge is 0.376 e. The zero-order valence-corrected chi connectivity index (χ0v) is 39.6. The normalized spacial score (nSPS) is 35.9. The third kappa shape index (κ3) is 8.74. The van der Waals surface area contributed by atoms with Gasteiger partial charge in [-0.3, -0.25) is 0 Å². The average molecular weight is 779 g/mol. The highest BCUT2D eigenvalue weighted by atomic mass is 28.3. The number of benzene rings is 2. The lowest BCUT2D eigenvalue weighted by Gasteiger charge is -2.52. The highest BCUT2D eigenvalue weighted by Crippen LogP contribution is 2.70. The summed E-state index contributed by atoms with van der Waals surface area (Å²) >= 11 is 0. The van der Waals surface area contributed by atoms with Crippen LogP contribution in [0.1, 0.15) is 194 Å². The van der Waals surface area contributed by atoms with Crippen LogP contribution in [0.5, 0.6) is 0 Å². The monoisotopic (exact) mass is 779 g/mol. The van der Waals surface area contributed by atoms with Gasteiger partial charge in [0.05, 0.1) is 13.7 Å². The molecule has 0 aromatic heterocycles. The van der Waals surface area contributed by atoms with E-state index >= 15 is 0 Å². The Morgan fingerprint density at radius 3 is 1.70 bits per heavy atom. The lowest BCUT2D eigenvalue weighted by molar-refractivity contribution is -0.00471. The minimum atomic E-state index is -1.73. The molecule has 0 bridgehead atoms. The fourth-order valence-electron chi connectivity index (χ4n) is 15.3. The van der Waals surface area contributed by atoms with E-state index in [-0.39, 0.29) is 16.4 Å². The first kappa shape index (κ1) is 42.7. The van der Waals surface area contributed by atoms with E-state index < -0.39 is 8.07 Å². The maximum Gasteiger partial charge on any atom is 0.0598 e. The van der Waals surface area contributed by atoms with Crippen molar-refractivity contribution in [1.82, 2.24) is 0 Å². The first-order valence-corrected chi connectivity index (χ1v) is 27.1. The Bertz CT molecular complexity index is 1570. The lowest BCUT2D eigenvalue weighted by atomic mass is 9.61. The summed E-state index contributed by atoms with van der Waals surface area (Å²) < 4.78 is 6.17. The van der Waals surface area contributed by atoms with Gasteiger partial charge in [-0.15, -0.1) is 0 Å². The number of rotatable bonds is 11. The van der Waals surface area contributed by atoms with E-state index in [0.717, 1.165) is 76.9 Å². The fourth-order valence-corrected chi connectivity index (χ4v) is 23.0. The second-order valence-corrected chi connectivity index (χ2v) is 29.0. The Labute approximate surface area is 347 Å². The van der Waals surface area contributed by atoms with Crippen LogP contribution >= 0.6 is 0 Å². The SMILES string of the molecule is CC1CC2C(c3ccc(C(C)(C)C)cc3)CCCC2C1[Si](C)(CCCCCCOC(C)(C)C)C1C(C)CC2C1CC1CCCC1C2c1ccc(C(C)(C)C)cc1. The summed E-state index contributed by atoms with van der Waals surface area (Å²) in [5, 5.41) is 0. The van der Waals surface area contributed by atoms with E-state index in [0.29, 0.717) is 0 Å². The summed E-state index contributed by atoms with van der Waals surface area (Å²) in [6.07, 6.45) is 18.8. The number of hydrogen-bond donors (Lipinski definition) is 0. The Morgan fingerprint density at radius 2 is 1.09 bits per heavy atom. The molecule has 13 atom stereocenters. The zero-order valence-electron chi connectivity index (χ0n) is 38.6. The molecule has 56 heavy (non-hydrogen) atoms. The Balaban J connectivity index is 1.19. The Hall–Kier alpha value is -1.38. The van der Waals surface area contributed by atoms with Gasteiger partial charge in [0.25, 0.3) is 0 Å². The van der Waals surface area contributed by atoms with Crippen LogP contribution in [0.25, 0.3) is 0 Å². The van der Waals surface area contributed by atoms with Gasteiger partial charge in [-0.1, -0.05) is 161 Å². The highest BCUT2D eigenvalue weighted by Gasteiger charge is 2.63. The molecule has 0 heterocycles. The summed E-state index contributed by atoms with van der Waals surface area (Å²) in [4.78, 5) is 0. The molecular weight excluding hydrogens is 693 g/mol. The molecule has 5 fully saturated rings. The maximum absolute atomic E-state index is 6.17. The zero-order chi connectivity index (χ0) is 40.2. The van der Waals surface area contributed by atoms with Crippen molar-refractivity contribution < 1.29 is 4.74 Å². The summed E-state index contributed by atoms with van der Waals surface area (Å²) in [7, 11) is -1.73. The Morgan fingerprint density at radius 1 is 0.554 bits per heavy atom. The second kappa shape index (κ2) is 16.6. The van der Waals surface area contributed by atoms with Crippen LogP contribution in [0.4, 0.5) is 0 Å². The van der Waals surface area contributed by atoms with Crippen molar-refractivity contribution in [1.29, 1.82) is 0 Å². The van der Waals surface area contributed by atoms with Gasteiger partial charge in [0.2, 0.25) is 0 Å². The number of ether oxygens (including phenoxy) is 1. The first-order valence-electron chi connectivity index (χ1n) is 24.2. The molecule has 0 spiro atoms. The molecule has 13 unspecified atom stereocenters. The van der Waals surface area contributed by atoms with E-state index in [1.54, 1.807) is 23.6 Å². The summed E-state index contributed by atoms with van der Waals surface area (Å²) in [5.41, 5.74) is 8.76. The summed E-state index contributed by atoms with van der Waals surface area (Å²) in [5.74, 6) is 8.86. The van der Waals surface area contributed by atoms with Crippen LogP contribution < -0.4 is 0 Å². The molecule has 5 saturated carbocycles. The van der Waals surface area contributed by atoms with Crippen LogP contribution in [0.15, 0.2) is 48.5 Å². The van der Waals surface area contributed by atoms with Crippen LogP contribution in [0.3, 0.4) is 0 Å². The standard InChI is InChI=1S/C54H86OSi/c1-36-33-46-43(38-23-27-41(28-24-38)52(3,4)5)20-18-22-45(46)50(36)56(12,32-16-14-13-15-31-55-54(9,10)11)51-37(2)34-47-48(51)35-40-19-17-21-44(40)49(47)39-25-29-42(30-26-39)53(6,7)8/h23-30,36-37,40,43-51H,13-22,31-35H2,1-12H3. The predicted molar refractivity (Wildman–Crippen MR) is 245 cm³/mol. The van der Waals surface area contributed by atoms with Crippen molar-refractivity contribution in [3.8, 4) is 0 Å². The second-order valence-electron chi connectivity index (χ2n) is 24.2. The van der Waals surface area contributed by atoms with Gasteiger partial charge in [-0.05, 0) is 163 Å². The molecule has 5 aliphatic carbocycles. The molecular formula is C54H86OSi. The predicted octanol–water partition coefficient (Wildman–Crippen LogP) is 15.9. The third-order valence-corrected chi connectivity index (χ3v) is 23.8. The van der Waals surface area contributed by atoms with Crippen molar-refractivity contribution in [2.24, 2.45) is 47.3 Å². The Kier molecular flexibility index (Phi) is 12.7. The van der Waals surface area contributed by atoms with E-state index in [2.05, 4.69) is 131 Å². The molecule has 2 aromatic rings. The van der Waals surface area contributed by atoms with Gasteiger partial charge in [-0.2, -0.15) is 0 Å². The van der Waals surface area contributed by atoms with Crippen molar-refractivity contribution in [2.75, 3.05) is 6.61 Å². The van der Waals surface area contributed by atoms with Gasteiger partial charge >= 0.3 is 0 Å². The average Bonchev–Trinajstić information content (AvgIpc) is 3.83. The van der Waals surface area contributed by atoms with Crippen LogP contribution in [-0.4, -0.2) is 20.3 Å². The quantitative estimate of drug-likeness (QED) is 0.163. The number of fused-ring (bicyclic) bond motifs is 3. The summed E-state index contributed by atoms with van der Waals surface area (Å²) in [6, 6.07) is 21.9. The molecule has 0 radical (unpaired) electrons. The molecule has 0 amide bonds. The third-order valence-electron chi connectivity index (χ3n) is 17.4. The molecule has 0 saturated heterocycles. The molecule has 0 N–H and O–H groups in total. The molecule has 0 aliphatic heterocycles. The van der Waals surface area contributed by atoms with Crippen molar-refractivity contribution in [3.63, 3.8) is 0 Å². The van der Waals surface area contributed by atoms with Gasteiger partial charge in [0.1, 0.15) is 0 Å². The molecule has 7 rings (SSSR count). The van der Waals surface area contributed by atoms with E-state index in [1.807, 2.05) is 0 Å². The molecule has 2 aromatic carbocycles. The molecule has 1 nitrogen and oxygen atoms in total. The van der Waals surface area contributed by atoms with Crippen molar-refractivity contribution in [2.45, 2.75) is 212 Å². The van der Waals surface area contributed by atoms with Crippen molar-refractivity contribution in [3.05, 3.63) is 70.8 Å². The molecule has 312 valence electrons. The molecule has 2 heteroatoms. The topological polar surface area (TPSA) is 9.23 Å². The van der Waals surface area contributed by atoms with Crippen LogP contribution in [-0.2, 0) is 15.6 Å².